The molecule has 0 aliphatic heterocycles. The molecule has 0 amide bonds. The molecule has 0 saturated heterocycles. The largest absolute Gasteiger partial charge is 0.507 e. The summed E-state index contributed by atoms with van der Waals surface area (Å²) in [4.78, 5) is 0. The second-order valence-corrected chi connectivity index (χ2v) is 3.81. The molecule has 3 aromatic carbocycles. The van der Waals surface area contributed by atoms with E-state index >= 15 is 0 Å². The first kappa shape index (κ1) is 9.04. The quantitative estimate of drug-likeness (QED) is 0.558. The lowest BCUT2D eigenvalue weighted by atomic mass is 10.0. The predicted molar refractivity (Wildman–Crippen MR) is 64.8 cm³/mol. The van der Waals surface area contributed by atoms with Gasteiger partial charge in [-0.1, -0.05) is 36.4 Å². The van der Waals surface area contributed by atoms with Gasteiger partial charge in [-0.05, 0) is 22.9 Å². The molecule has 0 aromatic heterocycles. The Kier molecular flexibility index (Phi) is 1.77. The molecule has 0 aliphatic rings. The number of phenols is 2. The van der Waals surface area contributed by atoms with E-state index in [1.807, 2.05) is 30.3 Å². The number of hydrogen-bond acceptors (Lipinski definition) is 2. The maximum absolute atomic E-state index is 9.88. The molecule has 78 valence electrons. The molecule has 0 unspecified atom stereocenters. The summed E-state index contributed by atoms with van der Waals surface area (Å²) >= 11 is 0. The topological polar surface area (TPSA) is 40.5 Å². The normalized spacial score (nSPS) is 11.0. The van der Waals surface area contributed by atoms with Crippen molar-refractivity contribution in [3.63, 3.8) is 0 Å². The third kappa shape index (κ3) is 1.13. The van der Waals surface area contributed by atoms with Gasteiger partial charge in [0.15, 0.2) is 0 Å². The number of aromatic hydroxyl groups is 2. The van der Waals surface area contributed by atoms with Crippen LogP contribution in [0.1, 0.15) is 0 Å². The van der Waals surface area contributed by atoms with Crippen molar-refractivity contribution in [2.75, 3.05) is 0 Å². The summed E-state index contributed by atoms with van der Waals surface area (Å²) in [7, 11) is 0. The Morgan fingerprint density at radius 2 is 1.38 bits per heavy atom. The van der Waals surface area contributed by atoms with E-state index in [1.54, 1.807) is 18.2 Å². The molecule has 2 heteroatoms. The molecule has 16 heavy (non-hydrogen) atoms. The Bertz CT molecular complexity index is 687. The van der Waals surface area contributed by atoms with Crippen LogP contribution in [-0.4, -0.2) is 10.2 Å². The smallest absolute Gasteiger partial charge is 0.124 e. The summed E-state index contributed by atoms with van der Waals surface area (Å²) in [6.07, 6.45) is 0. The number of rotatable bonds is 0. The van der Waals surface area contributed by atoms with Gasteiger partial charge in [0.1, 0.15) is 11.5 Å². The number of benzene rings is 3. The molecule has 0 bridgehead atoms. The van der Waals surface area contributed by atoms with Crippen molar-refractivity contribution in [1.82, 2.24) is 0 Å². The minimum Gasteiger partial charge on any atom is -0.507 e. The van der Waals surface area contributed by atoms with Crippen molar-refractivity contribution < 1.29 is 10.2 Å². The third-order valence-corrected chi connectivity index (χ3v) is 2.86. The Balaban J connectivity index is 2.64. The third-order valence-electron chi connectivity index (χ3n) is 2.86. The first-order chi connectivity index (χ1) is 7.77. The van der Waals surface area contributed by atoms with Gasteiger partial charge in [0, 0.05) is 10.8 Å². The first-order valence-corrected chi connectivity index (χ1v) is 5.10. The lowest BCUT2D eigenvalue weighted by Crippen LogP contribution is -1.79. The summed E-state index contributed by atoms with van der Waals surface area (Å²) in [5.74, 6) is 0.483. The van der Waals surface area contributed by atoms with E-state index in [4.69, 9.17) is 0 Å². The lowest BCUT2D eigenvalue weighted by molar-refractivity contribution is 0.481. The van der Waals surface area contributed by atoms with Gasteiger partial charge in [-0.25, -0.2) is 0 Å². The Morgan fingerprint density at radius 1 is 0.625 bits per heavy atom. The van der Waals surface area contributed by atoms with Gasteiger partial charge in [0.25, 0.3) is 0 Å². The second-order valence-electron chi connectivity index (χ2n) is 3.81. The Morgan fingerprint density at radius 3 is 2.25 bits per heavy atom. The fourth-order valence-corrected chi connectivity index (χ4v) is 2.11. The average Bonchev–Trinajstić information content (AvgIpc) is 2.29. The molecule has 2 N–H and O–H groups in total. The minimum absolute atomic E-state index is 0.239. The average molecular weight is 210 g/mol. The van der Waals surface area contributed by atoms with Crippen LogP contribution in [0, 0.1) is 0 Å². The fourth-order valence-electron chi connectivity index (χ4n) is 2.11. The zero-order valence-corrected chi connectivity index (χ0v) is 8.51. The molecule has 0 aliphatic carbocycles. The van der Waals surface area contributed by atoms with Crippen LogP contribution in [0.5, 0.6) is 11.5 Å². The van der Waals surface area contributed by atoms with E-state index < -0.39 is 0 Å². The Hall–Kier alpha value is -2.22. The van der Waals surface area contributed by atoms with Gasteiger partial charge >= 0.3 is 0 Å². The molecule has 0 heterocycles. The molecular formula is C14H10O2. The maximum atomic E-state index is 9.88. The van der Waals surface area contributed by atoms with Crippen molar-refractivity contribution in [3.8, 4) is 11.5 Å². The molecule has 0 spiro atoms. The van der Waals surface area contributed by atoms with Crippen molar-refractivity contribution in [2.45, 2.75) is 0 Å². The highest BCUT2D eigenvalue weighted by Gasteiger charge is 2.06. The molecule has 3 aromatic rings. The van der Waals surface area contributed by atoms with Crippen LogP contribution >= 0.6 is 0 Å². The summed E-state index contributed by atoms with van der Waals surface area (Å²) in [5, 5.41) is 23.0. The molecule has 3 rings (SSSR count). The number of hydrogen-bond donors (Lipinski definition) is 2. The monoisotopic (exact) mass is 210 g/mol. The summed E-state index contributed by atoms with van der Waals surface area (Å²) in [6.45, 7) is 0. The van der Waals surface area contributed by atoms with E-state index in [0.29, 0.717) is 0 Å². The van der Waals surface area contributed by atoms with E-state index in [-0.39, 0.29) is 11.5 Å². The SMILES string of the molecule is Oc1cccc2c1ccc1cccc(O)c12. The van der Waals surface area contributed by atoms with Gasteiger partial charge in [0.2, 0.25) is 0 Å². The van der Waals surface area contributed by atoms with Gasteiger partial charge < -0.3 is 10.2 Å². The van der Waals surface area contributed by atoms with Gasteiger partial charge in [0.05, 0.1) is 0 Å². The van der Waals surface area contributed by atoms with Crippen molar-refractivity contribution in [3.05, 3.63) is 48.5 Å². The zero-order valence-electron chi connectivity index (χ0n) is 8.51. The highest BCUT2D eigenvalue weighted by molar-refractivity contribution is 6.11. The highest BCUT2D eigenvalue weighted by atomic mass is 16.3. The molecule has 0 radical (unpaired) electrons. The Labute approximate surface area is 92.4 Å². The van der Waals surface area contributed by atoms with Crippen molar-refractivity contribution in [2.24, 2.45) is 0 Å². The second kappa shape index (κ2) is 3.14. The minimum atomic E-state index is 0.239. The van der Waals surface area contributed by atoms with E-state index in [2.05, 4.69) is 0 Å². The summed E-state index contributed by atoms with van der Waals surface area (Å²) in [5.41, 5.74) is 0. The van der Waals surface area contributed by atoms with Gasteiger partial charge in [-0.15, -0.1) is 0 Å². The van der Waals surface area contributed by atoms with E-state index in [9.17, 15) is 10.2 Å². The van der Waals surface area contributed by atoms with Crippen molar-refractivity contribution >= 4 is 21.5 Å². The maximum Gasteiger partial charge on any atom is 0.124 e. The van der Waals surface area contributed by atoms with Crippen LogP contribution in [0.2, 0.25) is 0 Å². The molecule has 0 fully saturated rings. The highest BCUT2D eigenvalue weighted by Crippen LogP contribution is 2.35. The summed E-state index contributed by atoms with van der Waals surface area (Å²) < 4.78 is 0. The fraction of sp³-hybridized carbons (Fsp3) is 0. The van der Waals surface area contributed by atoms with E-state index in [1.165, 1.54) is 0 Å². The van der Waals surface area contributed by atoms with Crippen LogP contribution in [0.3, 0.4) is 0 Å². The predicted octanol–water partition coefficient (Wildman–Crippen LogP) is 3.40. The molecule has 2 nitrogen and oxygen atoms in total. The van der Waals surface area contributed by atoms with E-state index in [0.717, 1.165) is 21.5 Å². The van der Waals surface area contributed by atoms with Crippen LogP contribution in [0.15, 0.2) is 48.5 Å². The van der Waals surface area contributed by atoms with Crippen LogP contribution < -0.4 is 0 Å². The number of fused-ring (bicyclic) bond motifs is 3. The molecular weight excluding hydrogens is 200 g/mol. The van der Waals surface area contributed by atoms with Crippen LogP contribution in [-0.2, 0) is 0 Å². The summed E-state index contributed by atoms with van der Waals surface area (Å²) in [6, 6.07) is 14.5. The van der Waals surface area contributed by atoms with Crippen molar-refractivity contribution in [1.29, 1.82) is 0 Å². The van der Waals surface area contributed by atoms with Gasteiger partial charge in [-0.3, -0.25) is 0 Å². The zero-order chi connectivity index (χ0) is 11.1. The van der Waals surface area contributed by atoms with Crippen LogP contribution in [0.25, 0.3) is 21.5 Å². The number of phenolic OH excluding ortho intramolecular Hbond substituents is 2. The lowest BCUT2D eigenvalue weighted by Gasteiger charge is -2.06. The first-order valence-electron chi connectivity index (χ1n) is 5.10. The molecule has 0 atom stereocenters. The van der Waals surface area contributed by atoms with Crippen LogP contribution in [0.4, 0.5) is 0 Å². The standard InChI is InChI=1S/C14H10O2/c15-12-5-2-4-11-10(12)8-7-9-3-1-6-13(16)14(9)11/h1-8,15-16H. The van der Waals surface area contributed by atoms with Gasteiger partial charge in [-0.2, -0.15) is 0 Å². The molecule has 0 saturated carbocycles.